The van der Waals surface area contributed by atoms with E-state index in [1.807, 2.05) is 5.32 Å². The second kappa shape index (κ2) is 57.2. The number of carbonyl (C=O) groups excluding carboxylic acids is 18. The Morgan fingerprint density at radius 3 is 1.57 bits per heavy atom. The first kappa shape index (κ1) is 114. The number of carboxylic acids is 3. The SMILES string of the molecule is CC[C@H](C)[C@H](NC(=O)[C@H](Cc1ccc(O)cc1)NC(=O)[C@@H]1CCCN1C(=O)[C@H](CCCCN)NC(=O)[C@H](CCCCN)NC(=O)[C@@H](NC(=O)[C@H](C)NC(=O)[C@H](CC(N)=O)NC(=O)[C@H](CO)NC(=O)CNC(=O)CNC(=O)[C@H](CCC(=O)O)NC(=O)[C@H](CCC(=O)O)NC(=O)[C@H](CO)NC(=O)[C@@H]1CCC(=O)N1)[C@@H](C)O[C@H]1O[C@H](CO)[C@H](O)[C@H](O)[C@H]1NC(C)=O)C(=O)N[C@@H](CC(C)C)C(=O)O. The number of hydrogen-bond donors (Lipinski definition) is 28. The van der Waals surface area contributed by atoms with Crippen LogP contribution in [0.1, 0.15) is 163 Å². The average Bonchev–Trinajstić information content (AvgIpc) is 1.27. The van der Waals surface area contributed by atoms with Crippen molar-refractivity contribution in [2.75, 3.05) is 52.5 Å². The predicted octanol–water partition coefficient (Wildman–Crippen LogP) is -11.4. The second-order valence-corrected chi connectivity index (χ2v) is 33.1. The van der Waals surface area contributed by atoms with Crippen LogP contribution in [-0.4, -0.2) is 349 Å². The van der Waals surface area contributed by atoms with Crippen LogP contribution < -0.4 is 102 Å². The molecular formula is C82H130N20O32. The maximum atomic E-state index is 15.2. The predicted molar refractivity (Wildman–Crippen MR) is 463 cm³/mol. The standard InChI is InChI=1S/C82H130N20O32/c1-8-39(4)63(78(128)98-52(81(131)132)30-38(2)3)100-74(124)50(31-43-17-19-44(107)20-18-43)97-77(127)55-16-13-29-102(55)80(130)49(15-10-12-28-84)95-70(120)45(14-9-11-27-83)94-79(129)64(41(6)133-82-65(89-42(7)106)67(117)66(116)56(37-105)134-82)101-68(118)40(5)88-73(123)51(32-57(85)108)96-75(125)53(35-103)91-60(111)34-86-59(110)33-87-69(119)46(22-25-61(112)113)92-72(122)48(23-26-62(114)115)93-76(126)54(36-104)99-71(121)47-21-24-58(109)90-47/h17-20,38-41,45-56,63-67,82,103-105,107,116-117H,8-16,21-37,83-84H2,1-7H3,(H2,85,108)(H,86,110)(H,87,119)(H,88,123)(H,89,106)(H,90,109)(H,91,111)(H,92,122)(H,93,126)(H,94,129)(H,95,120)(H,96,125)(H,97,127)(H,98,128)(H,99,121)(H,100,124)(H,101,118)(H,112,113)(H,114,115)(H,131,132)/t39-,40-,41+,45-,46-,47-,48-,49-,50-,51-,52-,53-,54-,55-,56+,63-,64-,65+,66-,67+,82-/m0/s1. The van der Waals surface area contributed by atoms with E-state index in [9.17, 15) is 132 Å². The van der Waals surface area contributed by atoms with Gasteiger partial charge in [-0.1, -0.05) is 46.2 Å². The highest BCUT2D eigenvalue weighted by atomic mass is 16.7. The van der Waals surface area contributed by atoms with Gasteiger partial charge in [-0.15, -0.1) is 0 Å². The number of phenols is 1. The Labute approximate surface area is 769 Å². The number of aliphatic hydroxyl groups is 5. The molecule has 0 bridgehead atoms. The number of amides is 18. The number of benzene rings is 1. The third-order valence-corrected chi connectivity index (χ3v) is 21.9. The summed E-state index contributed by atoms with van der Waals surface area (Å²) in [4.78, 5) is 284. The molecule has 3 aliphatic rings. The van der Waals surface area contributed by atoms with Gasteiger partial charge in [-0.3, -0.25) is 95.9 Å². The number of aliphatic hydroxyl groups excluding tert-OH is 5. The van der Waals surface area contributed by atoms with Gasteiger partial charge in [0.25, 0.3) is 0 Å². The van der Waals surface area contributed by atoms with Crippen LogP contribution in [0.4, 0.5) is 0 Å². The summed E-state index contributed by atoms with van der Waals surface area (Å²) >= 11 is 0. The fourth-order valence-corrected chi connectivity index (χ4v) is 14.3. The Kier molecular flexibility index (Phi) is 48.6. The lowest BCUT2D eigenvalue weighted by Gasteiger charge is -2.43. The maximum Gasteiger partial charge on any atom is 0.326 e. The monoisotopic (exact) mass is 1910 g/mol. The van der Waals surface area contributed by atoms with Crippen molar-refractivity contribution in [3.8, 4) is 5.75 Å². The van der Waals surface area contributed by atoms with Crippen molar-refractivity contribution in [1.82, 2.24) is 90.0 Å². The average molecular weight is 1910 g/mol. The van der Waals surface area contributed by atoms with E-state index in [-0.39, 0.29) is 102 Å². The van der Waals surface area contributed by atoms with E-state index in [1.165, 1.54) is 29.2 Å². The molecule has 0 aromatic heterocycles. The van der Waals surface area contributed by atoms with Crippen molar-refractivity contribution in [2.24, 2.45) is 29.0 Å². The molecule has 18 amide bonds. The van der Waals surface area contributed by atoms with E-state index in [4.69, 9.17) is 26.7 Å². The summed E-state index contributed by atoms with van der Waals surface area (Å²) in [5.74, 6) is -24.5. The molecule has 0 saturated carbocycles. The van der Waals surface area contributed by atoms with E-state index in [0.717, 1.165) is 20.8 Å². The molecule has 3 heterocycles. The van der Waals surface area contributed by atoms with Crippen LogP contribution in [0, 0.1) is 11.8 Å². The van der Waals surface area contributed by atoms with Crippen molar-refractivity contribution in [3.05, 3.63) is 29.8 Å². The van der Waals surface area contributed by atoms with E-state index in [1.54, 1.807) is 27.7 Å². The van der Waals surface area contributed by atoms with Crippen LogP contribution in [0.25, 0.3) is 0 Å². The molecule has 52 heteroatoms. The van der Waals surface area contributed by atoms with E-state index < -0.39 is 317 Å². The smallest absolute Gasteiger partial charge is 0.326 e. The summed E-state index contributed by atoms with van der Waals surface area (Å²) in [5.41, 5.74) is 17.7. The van der Waals surface area contributed by atoms with E-state index >= 15 is 14.4 Å². The molecule has 0 radical (unpaired) electrons. The van der Waals surface area contributed by atoms with Crippen LogP contribution in [0.2, 0.25) is 0 Å². The lowest BCUT2D eigenvalue weighted by molar-refractivity contribution is -0.281. The number of nitrogens with zero attached hydrogens (tertiary/aromatic N) is 1. The second-order valence-electron chi connectivity index (χ2n) is 33.1. The van der Waals surface area contributed by atoms with Gasteiger partial charge in [0.05, 0.1) is 45.4 Å². The van der Waals surface area contributed by atoms with Gasteiger partial charge < -0.3 is 163 Å². The number of carbonyl (C=O) groups is 21. The summed E-state index contributed by atoms with van der Waals surface area (Å²) in [6, 6.07) is -19.2. The van der Waals surface area contributed by atoms with Crippen molar-refractivity contribution >= 4 is 124 Å². The van der Waals surface area contributed by atoms with Crippen LogP contribution in [0.3, 0.4) is 0 Å². The topological polar surface area (TPSA) is 833 Å². The molecule has 0 aliphatic carbocycles. The van der Waals surface area contributed by atoms with E-state index in [2.05, 4.69) is 79.8 Å². The normalized spacial score (nSPS) is 20.0. The summed E-state index contributed by atoms with van der Waals surface area (Å²) in [6.07, 6.45) is -12.2. The summed E-state index contributed by atoms with van der Waals surface area (Å²) in [5, 5.41) is 129. The number of aliphatic carboxylic acids is 3. The number of rotatable bonds is 59. The van der Waals surface area contributed by atoms with Crippen molar-refractivity contribution in [3.63, 3.8) is 0 Å². The highest BCUT2D eigenvalue weighted by Crippen LogP contribution is 2.26. The summed E-state index contributed by atoms with van der Waals surface area (Å²) < 4.78 is 11.9. The van der Waals surface area contributed by atoms with Crippen molar-refractivity contribution in [1.29, 1.82) is 0 Å². The number of hydrogen-bond acceptors (Lipinski definition) is 31. The fourth-order valence-electron chi connectivity index (χ4n) is 14.3. The number of unbranched alkanes of at least 4 members (excludes halogenated alkanes) is 2. The number of nitrogens with two attached hydrogens (primary N) is 3. The van der Waals surface area contributed by atoms with Gasteiger partial charge in [0.1, 0.15) is 115 Å². The molecule has 3 aliphatic heterocycles. The zero-order chi connectivity index (χ0) is 100. The van der Waals surface area contributed by atoms with Crippen LogP contribution in [0.15, 0.2) is 24.3 Å². The van der Waals surface area contributed by atoms with Crippen LogP contribution in [-0.2, 0) is 117 Å². The summed E-state index contributed by atoms with van der Waals surface area (Å²) in [6.45, 7) is 4.86. The number of carboxylic acid groups (broad SMARTS) is 3. The van der Waals surface area contributed by atoms with Crippen molar-refractivity contribution in [2.45, 2.75) is 285 Å². The van der Waals surface area contributed by atoms with Crippen LogP contribution in [0.5, 0.6) is 5.75 Å². The first-order valence-electron chi connectivity index (χ1n) is 43.9. The zero-order valence-corrected chi connectivity index (χ0v) is 75.5. The molecule has 21 atom stereocenters. The molecule has 0 unspecified atom stereocenters. The Balaban J connectivity index is 1.59. The van der Waals surface area contributed by atoms with Crippen LogP contribution >= 0.6 is 0 Å². The number of ether oxygens (including phenoxy) is 2. The summed E-state index contributed by atoms with van der Waals surface area (Å²) in [7, 11) is 0. The molecule has 3 fully saturated rings. The molecule has 0 spiro atoms. The first-order chi connectivity index (χ1) is 63.2. The molecular weight excluding hydrogens is 1780 g/mol. The third kappa shape index (κ3) is 37.9. The third-order valence-electron chi connectivity index (χ3n) is 21.9. The first-order valence-corrected chi connectivity index (χ1v) is 43.9. The molecule has 750 valence electrons. The highest BCUT2D eigenvalue weighted by Gasteiger charge is 2.49. The Hall–Kier alpha value is -12.5. The van der Waals surface area contributed by atoms with Gasteiger partial charge in [0, 0.05) is 39.2 Å². The minimum absolute atomic E-state index is 0.0183. The number of phenolic OH excluding ortho intramolecular Hbond substituents is 1. The van der Waals surface area contributed by atoms with Gasteiger partial charge in [0.15, 0.2) is 6.29 Å². The fraction of sp³-hybridized carbons (Fsp3) is 0.671. The largest absolute Gasteiger partial charge is 0.508 e. The molecule has 1 aromatic carbocycles. The van der Waals surface area contributed by atoms with Crippen molar-refractivity contribution < 1.29 is 156 Å². The molecule has 4 rings (SSSR count). The number of primary amides is 1. The lowest BCUT2D eigenvalue weighted by Crippen LogP contribution is -2.66. The van der Waals surface area contributed by atoms with Gasteiger partial charge in [-0.2, -0.15) is 0 Å². The molecule has 52 nitrogen and oxygen atoms in total. The minimum Gasteiger partial charge on any atom is -0.508 e. The quantitative estimate of drug-likeness (QED) is 0.0269. The molecule has 1 aromatic rings. The highest BCUT2D eigenvalue weighted by molar-refractivity contribution is 6.02. The van der Waals surface area contributed by atoms with Gasteiger partial charge in [-0.25, -0.2) is 4.79 Å². The lowest BCUT2D eigenvalue weighted by atomic mass is 9.96. The maximum absolute atomic E-state index is 15.2. The molecule has 31 N–H and O–H groups in total. The van der Waals surface area contributed by atoms with Gasteiger partial charge in [-0.05, 0) is 134 Å². The Morgan fingerprint density at radius 1 is 0.545 bits per heavy atom. The zero-order valence-electron chi connectivity index (χ0n) is 75.5. The number of likely N-dealkylation sites (tertiary alicyclic amines) is 1. The number of aromatic hydroxyl groups is 1. The molecule has 134 heavy (non-hydrogen) atoms. The number of nitrogens with one attached hydrogen (secondary N) is 16. The Morgan fingerprint density at radius 2 is 1.04 bits per heavy atom. The van der Waals surface area contributed by atoms with Gasteiger partial charge >= 0.3 is 17.9 Å². The minimum atomic E-state index is -2.09. The Bertz CT molecular complexity index is 4250. The van der Waals surface area contributed by atoms with E-state index in [0.29, 0.717) is 18.4 Å². The van der Waals surface area contributed by atoms with Gasteiger partial charge in [0.2, 0.25) is 106 Å². The molecule has 3 saturated heterocycles.